The lowest BCUT2D eigenvalue weighted by Crippen LogP contribution is -2.36. The molecule has 0 aromatic carbocycles. The summed E-state index contributed by atoms with van der Waals surface area (Å²) in [6.07, 6.45) is 10.3. The van der Waals surface area contributed by atoms with Gasteiger partial charge in [0.15, 0.2) is 0 Å². The molecule has 0 spiro atoms. The van der Waals surface area contributed by atoms with Crippen LogP contribution in [0.15, 0.2) is 58.6 Å². The summed E-state index contributed by atoms with van der Waals surface area (Å²) >= 11 is 0. The Kier molecular flexibility index (Phi) is 4.28. The molecule has 1 saturated heterocycles. The van der Waals surface area contributed by atoms with Gasteiger partial charge >= 0.3 is 0 Å². The van der Waals surface area contributed by atoms with E-state index in [2.05, 4.69) is 19.9 Å². The summed E-state index contributed by atoms with van der Waals surface area (Å²) in [5.41, 5.74) is 1.49. The molecule has 1 aliphatic heterocycles. The monoisotopic (exact) mass is 337 g/mol. The van der Waals surface area contributed by atoms with Gasteiger partial charge in [0.1, 0.15) is 6.26 Å². The zero-order valence-corrected chi connectivity index (χ0v) is 13.8. The van der Waals surface area contributed by atoms with E-state index in [0.717, 1.165) is 31.5 Å². The highest BCUT2D eigenvalue weighted by atomic mass is 16.4. The molecule has 1 aliphatic rings. The standard InChI is InChI=1S/C18H19N5O2/c24-17-10-16(15-2-1-5-19-11-15)21-13-23(17)12-14-3-7-22(8-4-14)18-20-6-9-25-18/h1-2,5-6,9-11,13-14H,3-4,7-8,12H2. The summed E-state index contributed by atoms with van der Waals surface area (Å²) in [7, 11) is 0. The van der Waals surface area contributed by atoms with Crippen molar-refractivity contribution in [3.05, 3.63) is 59.7 Å². The smallest absolute Gasteiger partial charge is 0.297 e. The fourth-order valence-electron chi connectivity index (χ4n) is 3.19. The fourth-order valence-corrected chi connectivity index (χ4v) is 3.19. The topological polar surface area (TPSA) is 77.1 Å². The molecule has 3 aromatic heterocycles. The molecule has 7 heteroatoms. The second kappa shape index (κ2) is 6.88. The van der Waals surface area contributed by atoms with Gasteiger partial charge in [-0.15, -0.1) is 0 Å². The van der Waals surface area contributed by atoms with E-state index in [1.165, 1.54) is 0 Å². The van der Waals surface area contributed by atoms with Crippen molar-refractivity contribution in [2.75, 3.05) is 18.0 Å². The number of pyridine rings is 1. The molecular formula is C18H19N5O2. The zero-order chi connectivity index (χ0) is 17.1. The van der Waals surface area contributed by atoms with Crippen LogP contribution >= 0.6 is 0 Å². The molecule has 1 fully saturated rings. The number of rotatable bonds is 4. The second-order valence-corrected chi connectivity index (χ2v) is 6.25. The van der Waals surface area contributed by atoms with E-state index < -0.39 is 0 Å². The molecule has 7 nitrogen and oxygen atoms in total. The Balaban J connectivity index is 1.41. The van der Waals surface area contributed by atoms with E-state index in [4.69, 9.17) is 4.42 Å². The van der Waals surface area contributed by atoms with Crippen LogP contribution in [-0.4, -0.2) is 32.6 Å². The first-order valence-electron chi connectivity index (χ1n) is 8.41. The predicted octanol–water partition coefficient (Wildman–Crippen LogP) is 2.21. The number of anilines is 1. The molecular weight excluding hydrogens is 318 g/mol. The van der Waals surface area contributed by atoms with Crippen molar-refractivity contribution in [3.63, 3.8) is 0 Å². The van der Waals surface area contributed by atoms with Gasteiger partial charge in [0.05, 0.1) is 18.2 Å². The lowest BCUT2D eigenvalue weighted by atomic mass is 9.97. The molecule has 4 rings (SSSR count). The Hall–Kier alpha value is -2.96. The second-order valence-electron chi connectivity index (χ2n) is 6.25. The fraction of sp³-hybridized carbons (Fsp3) is 0.333. The number of aromatic nitrogens is 4. The summed E-state index contributed by atoms with van der Waals surface area (Å²) < 4.78 is 7.05. The normalized spacial score (nSPS) is 15.4. The van der Waals surface area contributed by atoms with Crippen LogP contribution < -0.4 is 10.5 Å². The molecule has 0 amide bonds. The van der Waals surface area contributed by atoms with E-state index in [9.17, 15) is 4.79 Å². The molecule has 0 saturated carbocycles. The molecule has 0 unspecified atom stereocenters. The quantitative estimate of drug-likeness (QED) is 0.726. The van der Waals surface area contributed by atoms with Crippen molar-refractivity contribution in [2.45, 2.75) is 19.4 Å². The first-order valence-corrected chi connectivity index (χ1v) is 8.41. The molecule has 25 heavy (non-hydrogen) atoms. The largest absolute Gasteiger partial charge is 0.432 e. The number of oxazole rings is 1. The SMILES string of the molecule is O=c1cc(-c2cccnc2)ncn1CC1CCN(c2ncco2)CC1. The van der Waals surface area contributed by atoms with Crippen molar-refractivity contribution < 1.29 is 4.42 Å². The molecule has 0 aliphatic carbocycles. The van der Waals surface area contributed by atoms with Gasteiger partial charge in [-0.25, -0.2) is 9.97 Å². The molecule has 0 N–H and O–H groups in total. The average Bonchev–Trinajstić information content (AvgIpc) is 3.19. The maximum Gasteiger partial charge on any atom is 0.297 e. The Morgan fingerprint density at radius 2 is 2.08 bits per heavy atom. The zero-order valence-electron chi connectivity index (χ0n) is 13.8. The molecule has 0 atom stereocenters. The predicted molar refractivity (Wildman–Crippen MR) is 93.2 cm³/mol. The van der Waals surface area contributed by atoms with Crippen molar-refractivity contribution >= 4 is 6.01 Å². The summed E-state index contributed by atoms with van der Waals surface area (Å²) in [5, 5.41) is 0. The summed E-state index contributed by atoms with van der Waals surface area (Å²) in [5.74, 6) is 0.454. The third kappa shape index (κ3) is 3.45. The Morgan fingerprint density at radius 3 is 2.76 bits per heavy atom. The first kappa shape index (κ1) is 15.6. The molecule has 0 bridgehead atoms. The summed E-state index contributed by atoms with van der Waals surface area (Å²) in [6, 6.07) is 6.00. The van der Waals surface area contributed by atoms with E-state index >= 15 is 0 Å². The molecule has 4 heterocycles. The number of nitrogens with zero attached hydrogens (tertiary/aromatic N) is 5. The first-order chi connectivity index (χ1) is 12.3. The van der Waals surface area contributed by atoms with Gasteiger partial charge in [-0.1, -0.05) is 0 Å². The molecule has 0 radical (unpaired) electrons. The average molecular weight is 337 g/mol. The van der Waals surface area contributed by atoms with Crippen LogP contribution in [0.25, 0.3) is 11.3 Å². The molecule has 3 aromatic rings. The number of hydrogen-bond donors (Lipinski definition) is 0. The highest BCUT2D eigenvalue weighted by Crippen LogP contribution is 2.22. The van der Waals surface area contributed by atoms with E-state index in [1.54, 1.807) is 41.8 Å². The third-order valence-corrected chi connectivity index (χ3v) is 4.60. The lowest BCUT2D eigenvalue weighted by molar-refractivity contribution is 0.341. The van der Waals surface area contributed by atoms with Gasteiger partial charge in [0.2, 0.25) is 0 Å². The maximum absolute atomic E-state index is 12.4. The van der Waals surface area contributed by atoms with E-state index in [0.29, 0.717) is 24.2 Å². The Labute approximate surface area is 145 Å². The lowest BCUT2D eigenvalue weighted by Gasteiger charge is -2.31. The highest BCUT2D eigenvalue weighted by Gasteiger charge is 2.22. The van der Waals surface area contributed by atoms with Crippen LogP contribution in [0.1, 0.15) is 12.8 Å². The maximum atomic E-state index is 12.4. The Bertz CT molecular complexity index is 868. The van der Waals surface area contributed by atoms with Crippen molar-refractivity contribution in [2.24, 2.45) is 5.92 Å². The number of piperidine rings is 1. The van der Waals surface area contributed by atoms with Crippen LogP contribution in [0.5, 0.6) is 0 Å². The van der Waals surface area contributed by atoms with Crippen molar-refractivity contribution in [1.82, 2.24) is 19.5 Å². The van der Waals surface area contributed by atoms with Crippen LogP contribution in [-0.2, 0) is 6.54 Å². The van der Waals surface area contributed by atoms with Gasteiger partial charge in [-0.2, -0.15) is 0 Å². The van der Waals surface area contributed by atoms with Gasteiger partial charge in [-0.05, 0) is 30.9 Å². The minimum atomic E-state index is -0.0241. The number of hydrogen-bond acceptors (Lipinski definition) is 6. The van der Waals surface area contributed by atoms with Crippen LogP contribution in [0.4, 0.5) is 6.01 Å². The van der Waals surface area contributed by atoms with Crippen LogP contribution in [0.3, 0.4) is 0 Å². The highest BCUT2D eigenvalue weighted by molar-refractivity contribution is 5.56. The third-order valence-electron chi connectivity index (χ3n) is 4.60. The Morgan fingerprint density at radius 1 is 1.20 bits per heavy atom. The van der Waals surface area contributed by atoms with Crippen LogP contribution in [0.2, 0.25) is 0 Å². The van der Waals surface area contributed by atoms with Gasteiger partial charge in [0.25, 0.3) is 11.6 Å². The van der Waals surface area contributed by atoms with E-state index in [1.807, 2.05) is 12.1 Å². The minimum absolute atomic E-state index is 0.0241. The summed E-state index contributed by atoms with van der Waals surface area (Å²) in [4.78, 5) is 27.2. The minimum Gasteiger partial charge on any atom is -0.432 e. The van der Waals surface area contributed by atoms with Crippen LogP contribution in [0, 0.1) is 5.92 Å². The van der Waals surface area contributed by atoms with Crippen molar-refractivity contribution in [3.8, 4) is 11.3 Å². The summed E-state index contributed by atoms with van der Waals surface area (Å²) in [6.45, 7) is 2.47. The van der Waals surface area contributed by atoms with E-state index in [-0.39, 0.29) is 5.56 Å². The van der Waals surface area contributed by atoms with Gasteiger partial charge in [0, 0.05) is 43.7 Å². The van der Waals surface area contributed by atoms with Gasteiger partial charge in [-0.3, -0.25) is 14.3 Å². The van der Waals surface area contributed by atoms with Gasteiger partial charge < -0.3 is 9.32 Å². The molecule has 128 valence electrons. The van der Waals surface area contributed by atoms with Crippen molar-refractivity contribution in [1.29, 1.82) is 0 Å².